The third kappa shape index (κ3) is 6.41. The molecule has 2 aromatic carbocycles. The molecule has 0 saturated heterocycles. The maximum Gasteiger partial charge on any atom is 0.227 e. The quantitative estimate of drug-likeness (QED) is 0.430. The van der Waals surface area contributed by atoms with Gasteiger partial charge in [0.25, 0.3) is 0 Å². The minimum absolute atomic E-state index is 0.311. The van der Waals surface area contributed by atoms with Gasteiger partial charge in [0.15, 0.2) is 0 Å². The Labute approximate surface area is 194 Å². The summed E-state index contributed by atoms with van der Waals surface area (Å²) in [5.74, 6) is 1.50. The third-order valence-electron chi connectivity index (χ3n) is 5.74. The van der Waals surface area contributed by atoms with Crippen molar-refractivity contribution in [3.8, 4) is 17.3 Å². The molecule has 1 atom stereocenters. The van der Waals surface area contributed by atoms with Crippen molar-refractivity contribution in [2.75, 3.05) is 26.3 Å². The standard InChI is InChI=1S/C26H32FN3O3/c1-3-32-18-23(31)16-29(15-20-9-10-20)17-25-19(2)28-30(22-7-5-4-6-8-22)26(25)33-24-13-11-21(27)12-14-24/h4-8,11-14,20,23,31H,3,9-10,15-18H2,1-2H3/t23-/m0/s1. The molecular weight excluding hydrogens is 421 g/mol. The van der Waals surface area contributed by atoms with Gasteiger partial charge in [-0.3, -0.25) is 4.90 Å². The van der Waals surface area contributed by atoms with E-state index < -0.39 is 6.10 Å². The minimum Gasteiger partial charge on any atom is -0.439 e. The van der Waals surface area contributed by atoms with Crippen LogP contribution in [0.5, 0.6) is 11.6 Å². The highest BCUT2D eigenvalue weighted by atomic mass is 19.1. The van der Waals surface area contributed by atoms with E-state index in [9.17, 15) is 9.50 Å². The van der Waals surface area contributed by atoms with Crippen LogP contribution in [0.2, 0.25) is 0 Å². The fourth-order valence-corrected chi connectivity index (χ4v) is 3.88. The van der Waals surface area contributed by atoms with Crippen molar-refractivity contribution in [3.05, 3.63) is 71.7 Å². The fraction of sp³-hybridized carbons (Fsp3) is 0.423. The molecule has 7 heteroatoms. The van der Waals surface area contributed by atoms with Crippen LogP contribution in [-0.4, -0.2) is 52.2 Å². The first-order chi connectivity index (χ1) is 16.0. The molecule has 4 rings (SSSR count). The number of nitrogens with zero attached hydrogens (tertiary/aromatic N) is 3. The first kappa shape index (κ1) is 23.4. The summed E-state index contributed by atoms with van der Waals surface area (Å²) in [5.41, 5.74) is 2.69. The van der Waals surface area contributed by atoms with E-state index in [1.807, 2.05) is 44.2 Å². The SMILES string of the molecule is CCOC[C@@H](O)CN(Cc1c(C)nn(-c2ccccc2)c1Oc1ccc(F)cc1)CC1CC1. The Kier molecular flexibility index (Phi) is 7.75. The zero-order valence-electron chi connectivity index (χ0n) is 19.3. The van der Waals surface area contributed by atoms with Crippen LogP contribution in [0.25, 0.3) is 5.69 Å². The van der Waals surface area contributed by atoms with Crippen LogP contribution in [0, 0.1) is 18.7 Å². The smallest absolute Gasteiger partial charge is 0.227 e. The van der Waals surface area contributed by atoms with Crippen LogP contribution in [0.1, 0.15) is 31.0 Å². The van der Waals surface area contributed by atoms with Crippen molar-refractivity contribution in [3.63, 3.8) is 0 Å². The van der Waals surface area contributed by atoms with Crippen LogP contribution in [0.15, 0.2) is 54.6 Å². The van der Waals surface area contributed by atoms with E-state index in [2.05, 4.69) is 4.90 Å². The van der Waals surface area contributed by atoms with E-state index in [4.69, 9.17) is 14.6 Å². The zero-order chi connectivity index (χ0) is 23.2. The summed E-state index contributed by atoms with van der Waals surface area (Å²) in [7, 11) is 0. The van der Waals surface area contributed by atoms with Gasteiger partial charge >= 0.3 is 0 Å². The van der Waals surface area contributed by atoms with E-state index in [0.717, 1.165) is 23.5 Å². The highest BCUT2D eigenvalue weighted by Gasteiger charge is 2.28. The van der Waals surface area contributed by atoms with Crippen molar-refractivity contribution in [1.82, 2.24) is 14.7 Å². The van der Waals surface area contributed by atoms with E-state index in [1.165, 1.54) is 25.0 Å². The second-order valence-electron chi connectivity index (χ2n) is 8.62. The van der Waals surface area contributed by atoms with Crippen molar-refractivity contribution in [2.45, 2.75) is 39.3 Å². The highest BCUT2D eigenvalue weighted by Crippen LogP contribution is 2.34. The molecule has 0 amide bonds. The molecule has 1 N–H and O–H groups in total. The van der Waals surface area contributed by atoms with Gasteiger partial charge in [-0.1, -0.05) is 18.2 Å². The van der Waals surface area contributed by atoms with E-state index in [1.54, 1.807) is 16.8 Å². The summed E-state index contributed by atoms with van der Waals surface area (Å²) in [5, 5.41) is 15.3. The van der Waals surface area contributed by atoms with Gasteiger partial charge in [0.05, 0.1) is 29.7 Å². The van der Waals surface area contributed by atoms with Crippen molar-refractivity contribution < 1.29 is 19.0 Å². The molecule has 1 aromatic heterocycles. The molecule has 176 valence electrons. The summed E-state index contributed by atoms with van der Waals surface area (Å²) in [6.07, 6.45) is 1.88. The lowest BCUT2D eigenvalue weighted by Crippen LogP contribution is -2.36. The number of aryl methyl sites for hydroxylation is 1. The number of aromatic nitrogens is 2. The second-order valence-corrected chi connectivity index (χ2v) is 8.62. The average molecular weight is 454 g/mol. The topological polar surface area (TPSA) is 59.8 Å². The van der Waals surface area contributed by atoms with Crippen molar-refractivity contribution in [1.29, 1.82) is 0 Å². The molecular formula is C26H32FN3O3. The number of para-hydroxylation sites is 1. The Balaban J connectivity index is 1.64. The molecule has 0 bridgehead atoms. The molecule has 6 nitrogen and oxygen atoms in total. The van der Waals surface area contributed by atoms with Gasteiger partial charge in [0.1, 0.15) is 11.6 Å². The lowest BCUT2D eigenvalue weighted by Gasteiger charge is -2.25. The van der Waals surface area contributed by atoms with Gasteiger partial charge in [-0.25, -0.2) is 9.07 Å². The summed E-state index contributed by atoms with van der Waals surface area (Å²) in [6.45, 7) is 6.82. The maximum absolute atomic E-state index is 13.4. The average Bonchev–Trinajstić information content (AvgIpc) is 3.58. The van der Waals surface area contributed by atoms with Gasteiger partial charge in [-0.2, -0.15) is 5.10 Å². The number of benzene rings is 2. The predicted molar refractivity (Wildman–Crippen MR) is 125 cm³/mol. The zero-order valence-corrected chi connectivity index (χ0v) is 19.3. The minimum atomic E-state index is -0.561. The number of ether oxygens (including phenoxy) is 2. The second kappa shape index (κ2) is 10.9. The van der Waals surface area contributed by atoms with Gasteiger partial charge in [-0.05, 0) is 69.0 Å². The Morgan fingerprint density at radius 3 is 2.55 bits per heavy atom. The highest BCUT2D eigenvalue weighted by molar-refractivity contribution is 5.43. The first-order valence-electron chi connectivity index (χ1n) is 11.6. The molecule has 1 saturated carbocycles. The first-order valence-corrected chi connectivity index (χ1v) is 11.6. The molecule has 0 radical (unpaired) electrons. The van der Waals surface area contributed by atoms with Gasteiger partial charge in [0.2, 0.25) is 5.88 Å². The Bertz CT molecular complexity index is 1020. The number of hydrogen-bond acceptors (Lipinski definition) is 5. The number of halogens is 1. The summed E-state index contributed by atoms with van der Waals surface area (Å²) < 4.78 is 26.9. The molecule has 0 spiro atoms. The molecule has 1 fully saturated rings. The summed E-state index contributed by atoms with van der Waals surface area (Å²) >= 11 is 0. The lowest BCUT2D eigenvalue weighted by molar-refractivity contribution is 0.0186. The molecule has 0 aliphatic heterocycles. The van der Waals surface area contributed by atoms with Crippen LogP contribution < -0.4 is 4.74 Å². The maximum atomic E-state index is 13.4. The normalized spacial score (nSPS) is 14.6. The van der Waals surface area contributed by atoms with Crippen LogP contribution in [0.4, 0.5) is 4.39 Å². The lowest BCUT2D eigenvalue weighted by atomic mass is 10.2. The van der Waals surface area contributed by atoms with Gasteiger partial charge < -0.3 is 14.6 Å². The van der Waals surface area contributed by atoms with Gasteiger partial charge in [-0.15, -0.1) is 0 Å². The van der Waals surface area contributed by atoms with Crippen LogP contribution in [0.3, 0.4) is 0 Å². The Morgan fingerprint density at radius 2 is 1.88 bits per heavy atom. The molecule has 1 heterocycles. The Hall–Kier alpha value is -2.74. The monoisotopic (exact) mass is 453 g/mol. The molecule has 1 aliphatic carbocycles. The van der Waals surface area contributed by atoms with E-state index in [0.29, 0.717) is 43.9 Å². The summed E-state index contributed by atoms with van der Waals surface area (Å²) in [4.78, 5) is 2.26. The number of aliphatic hydroxyl groups excluding tert-OH is 1. The Morgan fingerprint density at radius 1 is 1.15 bits per heavy atom. The molecule has 1 aliphatic rings. The fourth-order valence-electron chi connectivity index (χ4n) is 3.88. The molecule has 0 unspecified atom stereocenters. The number of aliphatic hydroxyl groups is 1. The van der Waals surface area contributed by atoms with Crippen molar-refractivity contribution in [2.24, 2.45) is 5.92 Å². The third-order valence-corrected chi connectivity index (χ3v) is 5.74. The predicted octanol–water partition coefficient (Wildman–Crippen LogP) is 4.72. The number of hydrogen-bond donors (Lipinski definition) is 1. The van der Waals surface area contributed by atoms with Crippen LogP contribution >= 0.6 is 0 Å². The molecule has 33 heavy (non-hydrogen) atoms. The van der Waals surface area contributed by atoms with E-state index in [-0.39, 0.29) is 5.82 Å². The molecule has 3 aromatic rings. The van der Waals surface area contributed by atoms with Gasteiger partial charge in [0, 0.05) is 26.2 Å². The van der Waals surface area contributed by atoms with Crippen LogP contribution in [-0.2, 0) is 11.3 Å². The summed E-state index contributed by atoms with van der Waals surface area (Å²) in [6, 6.07) is 15.8. The van der Waals surface area contributed by atoms with E-state index >= 15 is 0 Å². The van der Waals surface area contributed by atoms with Crippen molar-refractivity contribution >= 4 is 0 Å². The number of rotatable bonds is 12. The largest absolute Gasteiger partial charge is 0.439 e.